The molecule has 0 aromatic carbocycles. The second-order valence-corrected chi connectivity index (χ2v) is 8.03. The summed E-state index contributed by atoms with van der Waals surface area (Å²) in [5.74, 6) is -1.03. The lowest BCUT2D eigenvalue weighted by molar-refractivity contribution is 0.0000128. The lowest BCUT2D eigenvalue weighted by atomic mass is 9.97. The Balaban J connectivity index is 1.57. The van der Waals surface area contributed by atoms with Gasteiger partial charge in [0.15, 0.2) is 11.5 Å². The number of ether oxygens (including phenoxy) is 1. The highest BCUT2D eigenvalue weighted by atomic mass is 19.1. The number of nitrogens with one attached hydrogen (secondary N) is 1. The molecule has 0 spiro atoms. The number of carbonyl (C=O) groups excluding carboxylic acids is 1. The highest BCUT2D eigenvalue weighted by molar-refractivity contribution is 5.92. The van der Waals surface area contributed by atoms with Crippen molar-refractivity contribution in [1.29, 1.82) is 0 Å². The molecule has 2 aliphatic rings. The molecule has 0 atom stereocenters. The Bertz CT molecular complexity index is 629. The molecule has 2 saturated heterocycles. The molecule has 0 aliphatic carbocycles. The predicted octanol–water partition coefficient (Wildman–Crippen LogP) is 2.30. The molecule has 1 aromatic rings. The van der Waals surface area contributed by atoms with Gasteiger partial charge in [-0.05, 0) is 64.8 Å². The van der Waals surface area contributed by atoms with Gasteiger partial charge in [0.25, 0.3) is 5.91 Å². The van der Waals surface area contributed by atoms with E-state index in [9.17, 15) is 9.18 Å². The molecule has 2 aliphatic heterocycles. The first-order chi connectivity index (χ1) is 13.6. The van der Waals surface area contributed by atoms with E-state index in [1.807, 2.05) is 0 Å². The van der Waals surface area contributed by atoms with Crippen LogP contribution in [0.1, 0.15) is 50.0 Å². The average Bonchev–Trinajstić information content (AvgIpc) is 2.72. The maximum atomic E-state index is 13.8. The number of pyridine rings is 1. The number of nitrogens with zero attached hydrogens (tertiary/aromatic N) is 3. The number of aromatic nitrogens is 1. The van der Waals surface area contributed by atoms with Gasteiger partial charge in [0.05, 0.1) is 0 Å². The van der Waals surface area contributed by atoms with Crippen LogP contribution in [0, 0.1) is 5.82 Å². The maximum Gasteiger partial charge on any atom is 0.272 e. The van der Waals surface area contributed by atoms with E-state index in [4.69, 9.17) is 4.74 Å². The number of halogens is 1. The zero-order chi connectivity index (χ0) is 19.9. The predicted molar refractivity (Wildman–Crippen MR) is 107 cm³/mol. The first-order valence-electron chi connectivity index (χ1n) is 10.5. The Kier molecular flexibility index (Phi) is 7.76. The van der Waals surface area contributed by atoms with Crippen molar-refractivity contribution in [3.8, 4) is 0 Å². The summed E-state index contributed by atoms with van der Waals surface area (Å²) in [5.41, 5.74) is -0.134. The monoisotopic (exact) mass is 392 g/mol. The molecule has 0 unspecified atom stereocenters. The molecule has 1 N–H and O–H groups in total. The van der Waals surface area contributed by atoms with E-state index in [1.165, 1.54) is 18.3 Å². The van der Waals surface area contributed by atoms with Crippen LogP contribution in [0.4, 0.5) is 4.39 Å². The lowest BCUT2D eigenvalue weighted by Crippen LogP contribution is -2.53. The van der Waals surface area contributed by atoms with Crippen LogP contribution in [0.5, 0.6) is 0 Å². The summed E-state index contributed by atoms with van der Waals surface area (Å²) in [6.07, 6.45) is 5.81. The Morgan fingerprint density at radius 1 is 1.29 bits per heavy atom. The number of likely N-dealkylation sites (tertiary alicyclic amines) is 1. The van der Waals surface area contributed by atoms with Crippen molar-refractivity contribution in [2.45, 2.75) is 57.7 Å². The van der Waals surface area contributed by atoms with Crippen LogP contribution in [-0.4, -0.2) is 78.2 Å². The van der Waals surface area contributed by atoms with E-state index in [0.29, 0.717) is 24.7 Å². The van der Waals surface area contributed by atoms with Crippen molar-refractivity contribution in [3.05, 3.63) is 29.8 Å². The quantitative estimate of drug-likeness (QED) is 0.772. The average molecular weight is 393 g/mol. The third kappa shape index (κ3) is 5.49. The van der Waals surface area contributed by atoms with Crippen LogP contribution >= 0.6 is 0 Å². The van der Waals surface area contributed by atoms with Crippen LogP contribution < -0.4 is 5.32 Å². The minimum atomic E-state index is -0.581. The molecule has 156 valence electrons. The van der Waals surface area contributed by atoms with E-state index < -0.39 is 11.7 Å². The molecular formula is C21H33FN4O2. The van der Waals surface area contributed by atoms with Crippen LogP contribution in [0.15, 0.2) is 18.3 Å². The van der Waals surface area contributed by atoms with Gasteiger partial charge in [-0.2, -0.15) is 0 Å². The minimum absolute atomic E-state index is 0.134. The molecule has 2 fully saturated rings. The largest absolute Gasteiger partial charge is 0.381 e. The van der Waals surface area contributed by atoms with Crippen LogP contribution in [0.2, 0.25) is 0 Å². The van der Waals surface area contributed by atoms with Crippen LogP contribution in [0.3, 0.4) is 0 Å². The number of hydrogen-bond acceptors (Lipinski definition) is 5. The van der Waals surface area contributed by atoms with Crippen molar-refractivity contribution in [1.82, 2.24) is 20.1 Å². The first-order valence-corrected chi connectivity index (χ1v) is 10.5. The number of piperidine rings is 1. The van der Waals surface area contributed by atoms with E-state index in [-0.39, 0.29) is 5.69 Å². The van der Waals surface area contributed by atoms with Gasteiger partial charge in [-0.25, -0.2) is 9.37 Å². The fourth-order valence-electron chi connectivity index (χ4n) is 4.35. The van der Waals surface area contributed by atoms with E-state index in [1.54, 1.807) is 0 Å². The summed E-state index contributed by atoms with van der Waals surface area (Å²) in [6.45, 7) is 9.62. The van der Waals surface area contributed by atoms with Crippen LogP contribution in [-0.2, 0) is 4.74 Å². The topological polar surface area (TPSA) is 57.7 Å². The van der Waals surface area contributed by atoms with Crippen molar-refractivity contribution in [2.24, 2.45) is 0 Å². The number of amides is 1. The van der Waals surface area contributed by atoms with Crippen LogP contribution in [0.25, 0.3) is 0 Å². The zero-order valence-electron chi connectivity index (χ0n) is 17.1. The molecule has 0 saturated carbocycles. The fraction of sp³-hybridized carbons (Fsp3) is 0.714. The van der Waals surface area contributed by atoms with Gasteiger partial charge in [0.1, 0.15) is 0 Å². The standard InChI is InChI=1S/C21H33FN4O2/c1-16(2)25-11-5-17(6-12-25)26(18-7-14-28-15-8-18)13-10-24-21(27)20-19(22)4-3-9-23-20/h3-4,9,16-18H,5-8,10-15H2,1-2H3,(H,24,27). The molecule has 1 aromatic heterocycles. The molecule has 7 heteroatoms. The van der Waals surface area contributed by atoms with Gasteiger partial charge < -0.3 is 15.0 Å². The smallest absolute Gasteiger partial charge is 0.272 e. The van der Waals surface area contributed by atoms with Crippen molar-refractivity contribution < 1.29 is 13.9 Å². The molecule has 1 amide bonds. The van der Waals surface area contributed by atoms with Gasteiger partial charge >= 0.3 is 0 Å². The summed E-state index contributed by atoms with van der Waals surface area (Å²) >= 11 is 0. The second-order valence-electron chi connectivity index (χ2n) is 8.03. The summed E-state index contributed by atoms with van der Waals surface area (Å²) in [5, 5.41) is 2.85. The Morgan fingerprint density at radius 2 is 1.96 bits per heavy atom. The summed E-state index contributed by atoms with van der Waals surface area (Å²) in [7, 11) is 0. The zero-order valence-corrected chi connectivity index (χ0v) is 17.1. The van der Waals surface area contributed by atoms with E-state index in [2.05, 4.69) is 33.9 Å². The molecule has 3 heterocycles. The van der Waals surface area contributed by atoms with Gasteiger partial charge in [0, 0.05) is 50.6 Å². The lowest BCUT2D eigenvalue weighted by Gasteiger charge is -2.44. The van der Waals surface area contributed by atoms with Gasteiger partial charge in [0.2, 0.25) is 0 Å². The Morgan fingerprint density at radius 3 is 2.61 bits per heavy atom. The third-order valence-electron chi connectivity index (χ3n) is 5.99. The molecule has 6 nitrogen and oxygen atoms in total. The van der Waals surface area contributed by atoms with E-state index in [0.717, 1.165) is 58.5 Å². The minimum Gasteiger partial charge on any atom is -0.381 e. The van der Waals surface area contributed by atoms with Gasteiger partial charge in [-0.3, -0.25) is 9.69 Å². The fourth-order valence-corrected chi connectivity index (χ4v) is 4.35. The molecule has 0 radical (unpaired) electrons. The molecule has 3 rings (SSSR count). The highest BCUT2D eigenvalue weighted by Crippen LogP contribution is 2.24. The summed E-state index contributed by atoms with van der Waals surface area (Å²) < 4.78 is 19.3. The first kappa shape index (κ1) is 21.1. The van der Waals surface area contributed by atoms with Crippen molar-refractivity contribution in [3.63, 3.8) is 0 Å². The second kappa shape index (κ2) is 10.3. The number of rotatable bonds is 7. The molecule has 28 heavy (non-hydrogen) atoms. The Labute approximate surface area is 167 Å². The summed E-state index contributed by atoms with van der Waals surface area (Å²) in [6, 6.07) is 4.36. The SMILES string of the molecule is CC(C)N1CCC(N(CCNC(=O)c2ncccc2F)C2CCOCC2)CC1. The maximum absolute atomic E-state index is 13.8. The molecule has 0 bridgehead atoms. The number of hydrogen-bond donors (Lipinski definition) is 1. The highest BCUT2D eigenvalue weighted by Gasteiger charge is 2.31. The Hall–Kier alpha value is -1.57. The van der Waals surface area contributed by atoms with Crippen molar-refractivity contribution >= 4 is 5.91 Å². The summed E-state index contributed by atoms with van der Waals surface area (Å²) in [4.78, 5) is 21.2. The number of carbonyl (C=O) groups is 1. The van der Waals surface area contributed by atoms with E-state index >= 15 is 0 Å². The van der Waals surface area contributed by atoms with Gasteiger partial charge in [-0.1, -0.05) is 0 Å². The molecular weight excluding hydrogens is 359 g/mol. The van der Waals surface area contributed by atoms with Crippen molar-refractivity contribution in [2.75, 3.05) is 39.4 Å². The van der Waals surface area contributed by atoms with Gasteiger partial charge in [-0.15, -0.1) is 0 Å². The third-order valence-corrected chi connectivity index (χ3v) is 5.99. The normalized spacial score (nSPS) is 20.0.